The zero-order valence-electron chi connectivity index (χ0n) is 26.0. The molecule has 14 heteroatoms. The predicted octanol–water partition coefficient (Wildman–Crippen LogP) is 2.15. The zero-order chi connectivity index (χ0) is 33.6. The summed E-state index contributed by atoms with van der Waals surface area (Å²) in [5, 5.41) is 24.4. The predicted molar refractivity (Wildman–Crippen MR) is 169 cm³/mol. The zero-order valence-corrected chi connectivity index (χ0v) is 26.0. The van der Waals surface area contributed by atoms with Gasteiger partial charge in [-0.3, -0.25) is 4.79 Å². The van der Waals surface area contributed by atoms with Crippen molar-refractivity contribution in [2.75, 3.05) is 18.9 Å². The fraction of sp³-hybridized carbons (Fsp3) is 0.364. The number of fused-ring (bicyclic) bond motifs is 4. The third kappa shape index (κ3) is 5.86. The average Bonchev–Trinajstić information content (AvgIpc) is 3.67. The minimum Gasteiger partial charge on any atom is -0.461 e. The molecule has 0 bridgehead atoms. The van der Waals surface area contributed by atoms with Crippen molar-refractivity contribution in [2.45, 2.75) is 57.3 Å². The van der Waals surface area contributed by atoms with E-state index in [-0.39, 0.29) is 40.9 Å². The molecule has 0 radical (unpaired) electrons. The van der Waals surface area contributed by atoms with Gasteiger partial charge in [0.05, 0.1) is 10.9 Å². The molecule has 246 valence electrons. The van der Waals surface area contributed by atoms with Gasteiger partial charge in [0.15, 0.2) is 6.23 Å². The Hall–Kier alpha value is -5.05. The van der Waals surface area contributed by atoms with Crippen LogP contribution in [0.25, 0.3) is 22.2 Å². The average molecular weight is 645 g/mol. The fourth-order valence-corrected chi connectivity index (χ4v) is 6.29. The third-order valence-corrected chi connectivity index (χ3v) is 8.62. The van der Waals surface area contributed by atoms with Crippen LogP contribution in [0.4, 0.5) is 10.6 Å². The SMILES string of the molecule is Cc1nc(N)c2c(C(N)=O)cn([C@@H]3O[C@H](COC(=O)[C@@H](NC(=O)OCC4c5ccccc5-c5ccccc54)C(C)C)[C@@H](O)[C@H]3O)c2n1. The number of nitrogens with one attached hydrogen (secondary N) is 1. The molecule has 47 heavy (non-hydrogen) atoms. The molecular formula is C33H36N6O8. The standard InChI is InChI=1S/C33H36N6O8/c1-15(2)25(38-33(44)46-13-22-19-10-6-4-8-17(19)18-9-5-7-11-20(18)22)32(43)45-14-23-26(40)27(41)31(47-23)39-12-21(29(35)42)24-28(34)36-16(3)37-30(24)39/h4-12,15,22-23,25-27,31,40-41H,13-14H2,1-3H3,(H2,35,42)(H,38,44)(H2,34,36,37)/t23-,25+,26-,27-,31-/m1/s1. The van der Waals surface area contributed by atoms with Crippen molar-refractivity contribution in [1.29, 1.82) is 0 Å². The second-order valence-electron chi connectivity index (χ2n) is 12.0. The van der Waals surface area contributed by atoms with Crippen molar-refractivity contribution >= 4 is 34.8 Å². The van der Waals surface area contributed by atoms with Crippen molar-refractivity contribution in [3.63, 3.8) is 0 Å². The highest BCUT2D eigenvalue weighted by Gasteiger charge is 2.45. The number of anilines is 1. The van der Waals surface area contributed by atoms with E-state index in [0.29, 0.717) is 5.82 Å². The molecule has 0 spiro atoms. The van der Waals surface area contributed by atoms with E-state index in [2.05, 4.69) is 15.3 Å². The van der Waals surface area contributed by atoms with Crippen molar-refractivity contribution in [3.05, 3.63) is 77.2 Å². The van der Waals surface area contributed by atoms with Crippen LogP contribution in [-0.2, 0) is 19.0 Å². The lowest BCUT2D eigenvalue weighted by molar-refractivity contribution is -0.153. The number of nitrogens with zero attached hydrogens (tertiary/aromatic N) is 3. The molecule has 2 aromatic heterocycles. The van der Waals surface area contributed by atoms with Crippen LogP contribution in [0, 0.1) is 12.8 Å². The largest absolute Gasteiger partial charge is 0.461 e. The normalized spacial score (nSPS) is 21.0. The number of aryl methyl sites for hydroxylation is 1. The van der Waals surface area contributed by atoms with Crippen LogP contribution in [0.1, 0.15) is 53.3 Å². The van der Waals surface area contributed by atoms with Crippen LogP contribution in [0.5, 0.6) is 0 Å². The molecule has 0 unspecified atom stereocenters. The summed E-state index contributed by atoms with van der Waals surface area (Å²) < 4.78 is 18.3. The van der Waals surface area contributed by atoms with Crippen LogP contribution in [-0.4, -0.2) is 80.3 Å². The van der Waals surface area contributed by atoms with Crippen LogP contribution >= 0.6 is 0 Å². The van der Waals surface area contributed by atoms with Crippen LogP contribution in [0.2, 0.25) is 0 Å². The Labute approximate surface area is 269 Å². The first kappa shape index (κ1) is 31.9. The van der Waals surface area contributed by atoms with Gasteiger partial charge in [-0.25, -0.2) is 19.6 Å². The van der Waals surface area contributed by atoms with Crippen molar-refractivity contribution in [1.82, 2.24) is 19.9 Å². The Kier molecular flexibility index (Phi) is 8.57. The maximum Gasteiger partial charge on any atom is 0.407 e. The molecule has 1 aliphatic carbocycles. The number of amides is 2. The van der Waals surface area contributed by atoms with Gasteiger partial charge >= 0.3 is 12.1 Å². The second-order valence-corrected chi connectivity index (χ2v) is 12.0. The van der Waals surface area contributed by atoms with Gasteiger partial charge in [-0.1, -0.05) is 62.4 Å². The molecule has 7 N–H and O–H groups in total. The maximum absolute atomic E-state index is 13.2. The number of primary amides is 1. The summed E-state index contributed by atoms with van der Waals surface area (Å²) in [7, 11) is 0. The van der Waals surface area contributed by atoms with Gasteiger partial charge in [0.1, 0.15) is 54.9 Å². The Morgan fingerprint density at radius 1 is 0.979 bits per heavy atom. The number of rotatable bonds is 9. The molecule has 1 aliphatic heterocycles. The molecule has 5 atom stereocenters. The minimum atomic E-state index is -1.49. The Bertz CT molecular complexity index is 1810. The fourth-order valence-electron chi connectivity index (χ4n) is 6.29. The van der Waals surface area contributed by atoms with E-state index in [4.69, 9.17) is 25.7 Å². The lowest BCUT2D eigenvalue weighted by Gasteiger charge is -2.23. The molecule has 2 amide bonds. The molecule has 2 aliphatic rings. The Morgan fingerprint density at radius 2 is 1.62 bits per heavy atom. The number of aliphatic hydroxyl groups excluding tert-OH is 2. The van der Waals surface area contributed by atoms with E-state index in [1.165, 1.54) is 10.8 Å². The summed E-state index contributed by atoms with van der Waals surface area (Å²) in [5.74, 6) is -1.78. The number of aromatic nitrogens is 3. The Morgan fingerprint density at radius 3 is 2.23 bits per heavy atom. The number of carbonyl (C=O) groups excluding carboxylic acids is 3. The van der Waals surface area contributed by atoms with E-state index < -0.39 is 55.2 Å². The van der Waals surface area contributed by atoms with Crippen molar-refractivity contribution in [2.24, 2.45) is 11.7 Å². The number of esters is 1. The highest BCUT2D eigenvalue weighted by Crippen LogP contribution is 2.44. The van der Waals surface area contributed by atoms with Gasteiger partial charge in [-0.15, -0.1) is 0 Å². The first-order chi connectivity index (χ1) is 22.5. The first-order valence-electron chi connectivity index (χ1n) is 15.2. The first-order valence-corrected chi connectivity index (χ1v) is 15.2. The lowest BCUT2D eigenvalue weighted by atomic mass is 9.98. The topological polar surface area (TPSA) is 214 Å². The number of carbonyl (C=O) groups is 3. The maximum atomic E-state index is 13.2. The summed E-state index contributed by atoms with van der Waals surface area (Å²) in [6.07, 6.45) is -4.81. The third-order valence-electron chi connectivity index (χ3n) is 8.62. The molecule has 6 rings (SSSR count). The molecule has 4 aromatic rings. The highest BCUT2D eigenvalue weighted by atomic mass is 16.6. The van der Waals surface area contributed by atoms with Crippen LogP contribution in [0.3, 0.4) is 0 Å². The number of aliphatic hydroxyl groups is 2. The number of ether oxygens (including phenoxy) is 3. The van der Waals surface area contributed by atoms with E-state index in [9.17, 15) is 24.6 Å². The van der Waals surface area contributed by atoms with Crippen molar-refractivity contribution < 1.29 is 38.8 Å². The number of alkyl carbamates (subject to hydrolysis) is 1. The smallest absolute Gasteiger partial charge is 0.407 e. The van der Waals surface area contributed by atoms with Gasteiger partial charge in [0.2, 0.25) is 0 Å². The number of benzene rings is 2. The molecule has 3 heterocycles. The molecule has 1 saturated heterocycles. The van der Waals surface area contributed by atoms with Gasteiger partial charge < -0.3 is 45.8 Å². The molecular weight excluding hydrogens is 608 g/mol. The highest BCUT2D eigenvalue weighted by molar-refractivity contribution is 6.09. The van der Waals surface area contributed by atoms with Gasteiger partial charge in [0.25, 0.3) is 5.91 Å². The summed E-state index contributed by atoms with van der Waals surface area (Å²) in [5.41, 5.74) is 16.0. The van der Waals surface area contributed by atoms with E-state index >= 15 is 0 Å². The summed E-state index contributed by atoms with van der Waals surface area (Å²) in [4.78, 5) is 46.6. The monoisotopic (exact) mass is 644 g/mol. The van der Waals surface area contributed by atoms with Gasteiger partial charge in [-0.2, -0.15) is 0 Å². The summed E-state index contributed by atoms with van der Waals surface area (Å²) >= 11 is 0. The van der Waals surface area contributed by atoms with E-state index in [0.717, 1.165) is 22.3 Å². The number of nitrogens with two attached hydrogens (primary N) is 2. The molecule has 2 aromatic carbocycles. The number of hydrogen-bond donors (Lipinski definition) is 5. The Balaban J connectivity index is 1.10. The molecule has 14 nitrogen and oxygen atoms in total. The molecule has 0 saturated carbocycles. The van der Waals surface area contributed by atoms with Crippen LogP contribution in [0.15, 0.2) is 54.7 Å². The van der Waals surface area contributed by atoms with Crippen molar-refractivity contribution in [3.8, 4) is 11.1 Å². The van der Waals surface area contributed by atoms with Gasteiger partial charge in [0, 0.05) is 12.1 Å². The minimum absolute atomic E-state index is 0.0109. The van der Waals surface area contributed by atoms with Crippen LogP contribution < -0.4 is 16.8 Å². The number of hydrogen-bond acceptors (Lipinski definition) is 11. The summed E-state index contributed by atoms with van der Waals surface area (Å²) in [6, 6.07) is 14.8. The number of nitrogen functional groups attached to an aromatic ring is 1. The quantitative estimate of drug-likeness (QED) is 0.166. The van der Waals surface area contributed by atoms with E-state index in [1.54, 1.807) is 20.8 Å². The van der Waals surface area contributed by atoms with Gasteiger partial charge in [-0.05, 0) is 35.1 Å². The van der Waals surface area contributed by atoms with E-state index in [1.807, 2.05) is 48.5 Å². The molecule has 1 fully saturated rings. The lowest BCUT2D eigenvalue weighted by Crippen LogP contribution is -2.46. The summed E-state index contributed by atoms with van der Waals surface area (Å²) in [6.45, 7) is 4.70. The second kappa shape index (κ2) is 12.6.